The smallest absolute Gasteiger partial charge is 0.245 e. The number of benzene rings is 2. The maximum atomic E-state index is 13.2. The Morgan fingerprint density at radius 1 is 1.26 bits per heavy atom. The second-order valence-corrected chi connectivity index (χ2v) is 11.1. The number of rotatable bonds is 6. The third-order valence-corrected chi connectivity index (χ3v) is 8.35. The lowest BCUT2D eigenvalue weighted by molar-refractivity contribution is -0.116. The summed E-state index contributed by atoms with van der Waals surface area (Å²) in [5, 5.41) is 10.2. The molecule has 10 nitrogen and oxygen atoms in total. The molecule has 0 saturated carbocycles. The molecule has 35 heavy (non-hydrogen) atoms. The number of hydrogen-bond acceptors (Lipinski definition) is 7. The van der Waals surface area contributed by atoms with E-state index in [1.807, 2.05) is 6.07 Å². The van der Waals surface area contributed by atoms with Crippen LogP contribution in [0.15, 0.2) is 41.4 Å². The van der Waals surface area contributed by atoms with E-state index in [4.69, 9.17) is 21.1 Å². The Bertz CT molecular complexity index is 1360. The Balaban J connectivity index is 1.29. The number of fused-ring (bicyclic) bond motifs is 2. The average Bonchev–Trinajstić information content (AvgIpc) is 3.31. The lowest BCUT2D eigenvalue weighted by Crippen LogP contribution is -2.44. The first-order valence-corrected chi connectivity index (χ1v) is 13.1. The number of aromatic amines is 1. The fourth-order valence-corrected chi connectivity index (χ4v) is 6.16. The third kappa shape index (κ3) is 4.81. The molecule has 2 aliphatic rings. The molecule has 1 amide bonds. The number of carbonyl (C=O) groups is 1. The second kappa shape index (κ2) is 9.65. The molecular weight excluding hydrogens is 494 g/mol. The molecule has 2 N–H and O–H groups in total. The minimum atomic E-state index is -4.00. The van der Waals surface area contributed by atoms with E-state index >= 15 is 0 Å². The van der Waals surface area contributed by atoms with Gasteiger partial charge in [0.2, 0.25) is 15.9 Å². The van der Waals surface area contributed by atoms with Gasteiger partial charge in [-0.3, -0.25) is 9.89 Å². The molecule has 0 spiro atoms. The molecule has 186 valence electrons. The molecule has 12 heteroatoms. The van der Waals surface area contributed by atoms with Crippen LogP contribution in [0.25, 0.3) is 10.9 Å². The summed E-state index contributed by atoms with van der Waals surface area (Å²) in [6.45, 7) is 2.49. The zero-order valence-corrected chi connectivity index (χ0v) is 20.7. The quantitative estimate of drug-likeness (QED) is 0.514. The molecule has 5 rings (SSSR count). The molecule has 2 aromatic carbocycles. The van der Waals surface area contributed by atoms with Crippen LogP contribution in [0.2, 0.25) is 5.02 Å². The van der Waals surface area contributed by atoms with Crippen molar-refractivity contribution in [3.05, 3.63) is 41.6 Å². The number of anilines is 2. The van der Waals surface area contributed by atoms with Gasteiger partial charge in [-0.2, -0.15) is 9.40 Å². The lowest BCUT2D eigenvalue weighted by Gasteiger charge is -2.39. The Morgan fingerprint density at radius 2 is 2.06 bits per heavy atom. The van der Waals surface area contributed by atoms with Gasteiger partial charge in [-0.05, 0) is 37.1 Å². The van der Waals surface area contributed by atoms with E-state index in [1.54, 1.807) is 18.2 Å². The van der Waals surface area contributed by atoms with Crippen molar-refractivity contribution in [1.29, 1.82) is 0 Å². The van der Waals surface area contributed by atoms with E-state index in [9.17, 15) is 13.2 Å². The van der Waals surface area contributed by atoms with Crippen LogP contribution in [0, 0.1) is 0 Å². The predicted octanol–water partition coefficient (Wildman–Crippen LogP) is 2.85. The predicted molar refractivity (Wildman–Crippen MR) is 133 cm³/mol. The highest BCUT2D eigenvalue weighted by atomic mass is 35.5. The highest BCUT2D eigenvalue weighted by Crippen LogP contribution is 2.37. The van der Waals surface area contributed by atoms with Gasteiger partial charge in [0.15, 0.2) is 0 Å². The first-order chi connectivity index (χ1) is 16.8. The van der Waals surface area contributed by atoms with Crippen molar-refractivity contribution in [2.24, 2.45) is 0 Å². The van der Waals surface area contributed by atoms with Crippen molar-refractivity contribution >= 4 is 49.8 Å². The minimum Gasteiger partial charge on any atom is -0.489 e. The Labute approximate surface area is 208 Å². The second-order valence-electron chi connectivity index (χ2n) is 8.62. The van der Waals surface area contributed by atoms with Crippen LogP contribution in [-0.2, 0) is 19.6 Å². The van der Waals surface area contributed by atoms with Crippen LogP contribution in [0.5, 0.6) is 5.75 Å². The Morgan fingerprint density at radius 3 is 2.86 bits per heavy atom. The monoisotopic (exact) mass is 519 g/mol. The SMILES string of the molecule is CN(CC(=O)Nc1ccc2c(c1)OCCN2C1CCOCC1)S(=O)(=O)c1cc(Cl)cc2cn[nH]c12. The van der Waals surface area contributed by atoms with Crippen molar-refractivity contribution in [3.8, 4) is 5.75 Å². The van der Waals surface area contributed by atoms with Crippen LogP contribution in [0.1, 0.15) is 12.8 Å². The standard InChI is InChI=1S/C23H26ClN5O5S/c1-28(35(31,32)21-11-16(24)10-15-13-25-27-23(15)21)14-22(30)26-17-2-3-19-20(12-17)34-9-6-29(19)18-4-7-33-8-5-18/h2-3,10-13,18H,4-9,14H2,1H3,(H,25,27)(H,26,30). The van der Waals surface area contributed by atoms with Crippen molar-refractivity contribution in [3.63, 3.8) is 0 Å². The summed E-state index contributed by atoms with van der Waals surface area (Å²) >= 11 is 6.10. The first-order valence-electron chi connectivity index (χ1n) is 11.3. The summed E-state index contributed by atoms with van der Waals surface area (Å²) in [6.07, 6.45) is 3.43. The van der Waals surface area contributed by atoms with E-state index in [0.29, 0.717) is 35.0 Å². The van der Waals surface area contributed by atoms with Gasteiger partial charge < -0.3 is 19.7 Å². The molecule has 1 saturated heterocycles. The van der Waals surface area contributed by atoms with Gasteiger partial charge in [-0.15, -0.1) is 0 Å². The topological polar surface area (TPSA) is 117 Å². The maximum absolute atomic E-state index is 13.2. The molecule has 1 aromatic heterocycles. The number of sulfonamides is 1. The summed E-state index contributed by atoms with van der Waals surface area (Å²) in [4.78, 5) is 15.0. The Kier molecular flexibility index (Phi) is 6.58. The third-order valence-electron chi connectivity index (χ3n) is 6.31. The summed E-state index contributed by atoms with van der Waals surface area (Å²) in [5.41, 5.74) is 1.86. The number of amides is 1. The van der Waals surface area contributed by atoms with Crippen molar-refractivity contribution < 1.29 is 22.7 Å². The number of aromatic nitrogens is 2. The van der Waals surface area contributed by atoms with E-state index in [-0.39, 0.29) is 16.5 Å². The van der Waals surface area contributed by atoms with Crippen molar-refractivity contribution in [1.82, 2.24) is 14.5 Å². The number of H-pyrrole nitrogens is 1. The number of halogens is 1. The largest absolute Gasteiger partial charge is 0.489 e. The van der Waals surface area contributed by atoms with Gasteiger partial charge in [0.25, 0.3) is 0 Å². The van der Waals surface area contributed by atoms with Gasteiger partial charge in [-0.25, -0.2) is 8.42 Å². The number of nitrogens with zero attached hydrogens (tertiary/aromatic N) is 3. The van der Waals surface area contributed by atoms with Crippen LogP contribution >= 0.6 is 11.6 Å². The zero-order valence-electron chi connectivity index (χ0n) is 19.2. The molecule has 0 bridgehead atoms. The minimum absolute atomic E-state index is 0.0387. The van der Waals surface area contributed by atoms with Crippen LogP contribution < -0.4 is 15.0 Å². The zero-order chi connectivity index (χ0) is 24.6. The lowest BCUT2D eigenvalue weighted by atomic mass is 10.0. The maximum Gasteiger partial charge on any atom is 0.245 e. The van der Waals surface area contributed by atoms with Crippen molar-refractivity contribution in [2.75, 3.05) is 50.2 Å². The highest BCUT2D eigenvalue weighted by molar-refractivity contribution is 7.89. The van der Waals surface area contributed by atoms with E-state index in [0.717, 1.165) is 42.6 Å². The van der Waals surface area contributed by atoms with Gasteiger partial charge >= 0.3 is 0 Å². The Hall–Kier alpha value is -2.86. The summed E-state index contributed by atoms with van der Waals surface area (Å²) in [6, 6.07) is 8.87. The van der Waals surface area contributed by atoms with Gasteiger partial charge in [0.05, 0.1) is 30.5 Å². The summed E-state index contributed by atoms with van der Waals surface area (Å²) in [7, 11) is -2.66. The van der Waals surface area contributed by atoms with Gasteiger partial charge in [0.1, 0.15) is 17.3 Å². The molecule has 3 heterocycles. The van der Waals surface area contributed by atoms with Crippen LogP contribution in [0.3, 0.4) is 0 Å². The number of likely N-dealkylation sites (N-methyl/N-ethyl adjacent to an activating group) is 1. The van der Waals surface area contributed by atoms with Crippen molar-refractivity contribution in [2.45, 2.75) is 23.8 Å². The first kappa shape index (κ1) is 23.9. The van der Waals surface area contributed by atoms with Crippen LogP contribution in [-0.4, -0.2) is 74.8 Å². The highest BCUT2D eigenvalue weighted by Gasteiger charge is 2.28. The average molecular weight is 520 g/mol. The number of nitrogens with one attached hydrogen (secondary N) is 2. The van der Waals surface area contributed by atoms with Crippen LogP contribution in [0.4, 0.5) is 11.4 Å². The van der Waals surface area contributed by atoms with E-state index in [2.05, 4.69) is 20.4 Å². The molecule has 0 atom stereocenters. The summed E-state index contributed by atoms with van der Waals surface area (Å²) in [5.74, 6) is 0.220. The molecule has 3 aromatic rings. The fourth-order valence-electron chi connectivity index (χ4n) is 4.54. The van der Waals surface area contributed by atoms with Gasteiger partial charge in [0, 0.05) is 48.5 Å². The van der Waals surface area contributed by atoms with E-state index < -0.39 is 15.9 Å². The van der Waals surface area contributed by atoms with Gasteiger partial charge in [-0.1, -0.05) is 11.6 Å². The normalized spacial score (nSPS) is 16.8. The molecule has 1 fully saturated rings. The number of hydrogen-bond donors (Lipinski definition) is 2. The fraction of sp³-hybridized carbons (Fsp3) is 0.391. The molecular formula is C23H26ClN5O5S. The molecule has 0 unspecified atom stereocenters. The molecule has 0 radical (unpaired) electrons. The summed E-state index contributed by atoms with van der Waals surface area (Å²) < 4.78 is 38.7. The molecule has 2 aliphatic heterocycles. The number of ether oxygens (including phenoxy) is 2. The number of carbonyl (C=O) groups excluding carboxylic acids is 1. The molecule has 0 aliphatic carbocycles. The van der Waals surface area contributed by atoms with E-state index in [1.165, 1.54) is 19.3 Å².